The van der Waals surface area contributed by atoms with Crippen molar-refractivity contribution in [3.8, 4) is 0 Å². The van der Waals surface area contributed by atoms with Crippen molar-refractivity contribution in [1.29, 1.82) is 0 Å². The van der Waals surface area contributed by atoms with E-state index in [-0.39, 0.29) is 5.91 Å². The van der Waals surface area contributed by atoms with Crippen molar-refractivity contribution in [2.45, 2.75) is 45.1 Å². The van der Waals surface area contributed by atoms with Crippen molar-refractivity contribution in [2.24, 2.45) is 5.41 Å². The number of carbonyl (C=O) groups is 1. The van der Waals surface area contributed by atoms with Crippen LogP contribution in [-0.4, -0.2) is 52.1 Å². The molecule has 6 heteroatoms. The van der Waals surface area contributed by atoms with Crippen LogP contribution < -0.4 is 0 Å². The molecule has 0 unspecified atom stereocenters. The zero-order chi connectivity index (χ0) is 14.5. The minimum absolute atomic E-state index is 0.289. The molecule has 1 aromatic heterocycles. The molecular weight excluding hydrogens is 268 g/mol. The number of nitrogens with zero attached hydrogens (tertiary/aromatic N) is 4. The summed E-state index contributed by atoms with van der Waals surface area (Å²) in [6.07, 6.45) is 9.56. The van der Waals surface area contributed by atoms with Crippen molar-refractivity contribution in [2.75, 3.05) is 26.3 Å². The maximum atomic E-state index is 12.3. The number of hydrogen-bond acceptors (Lipinski definition) is 4. The van der Waals surface area contributed by atoms with Crippen LogP contribution in [0.3, 0.4) is 0 Å². The van der Waals surface area contributed by atoms with Gasteiger partial charge in [0.2, 0.25) is 5.91 Å². The van der Waals surface area contributed by atoms with Gasteiger partial charge in [-0.1, -0.05) is 5.21 Å². The van der Waals surface area contributed by atoms with Crippen molar-refractivity contribution in [1.82, 2.24) is 19.9 Å². The summed E-state index contributed by atoms with van der Waals surface area (Å²) >= 11 is 0. The first kappa shape index (κ1) is 14.5. The van der Waals surface area contributed by atoms with Crippen molar-refractivity contribution < 1.29 is 9.53 Å². The Morgan fingerprint density at radius 3 is 2.62 bits per heavy atom. The number of likely N-dealkylation sites (tertiary alicyclic amines) is 1. The Balaban J connectivity index is 1.40. The highest BCUT2D eigenvalue weighted by Gasteiger charge is 2.36. The highest BCUT2D eigenvalue weighted by atomic mass is 16.5. The quantitative estimate of drug-likeness (QED) is 0.843. The standard InChI is InChI=1S/C15H24N4O2/c20-14(2-1-8-19-11-7-16-17-19)18-9-3-15(4-10-18)5-12-21-13-6-15/h7,11H,1-6,8-10,12-13H2. The first-order valence-corrected chi connectivity index (χ1v) is 7.97. The Morgan fingerprint density at radius 2 is 1.95 bits per heavy atom. The van der Waals surface area contributed by atoms with Crippen LogP contribution in [0.15, 0.2) is 12.4 Å². The van der Waals surface area contributed by atoms with Crippen LogP contribution in [0.2, 0.25) is 0 Å². The lowest BCUT2D eigenvalue weighted by molar-refractivity contribution is -0.134. The average molecular weight is 292 g/mol. The number of aromatic nitrogens is 3. The van der Waals surface area contributed by atoms with Gasteiger partial charge in [-0.15, -0.1) is 5.10 Å². The van der Waals surface area contributed by atoms with Crippen molar-refractivity contribution in [3.05, 3.63) is 12.4 Å². The monoisotopic (exact) mass is 292 g/mol. The Kier molecular flexibility index (Phi) is 4.53. The molecule has 1 aromatic rings. The lowest BCUT2D eigenvalue weighted by Crippen LogP contribution is -2.45. The summed E-state index contributed by atoms with van der Waals surface area (Å²) in [5.74, 6) is 0.289. The highest BCUT2D eigenvalue weighted by Crippen LogP contribution is 2.40. The van der Waals surface area contributed by atoms with Crippen LogP contribution in [0.4, 0.5) is 0 Å². The third-order valence-corrected chi connectivity index (χ3v) is 4.98. The molecule has 3 rings (SSSR count). The van der Waals surface area contributed by atoms with Gasteiger partial charge in [0, 0.05) is 45.5 Å². The molecule has 0 aliphatic carbocycles. The Labute approximate surface area is 125 Å². The van der Waals surface area contributed by atoms with Gasteiger partial charge >= 0.3 is 0 Å². The van der Waals surface area contributed by atoms with Gasteiger partial charge in [-0.2, -0.15) is 0 Å². The second kappa shape index (κ2) is 6.56. The molecule has 21 heavy (non-hydrogen) atoms. The highest BCUT2D eigenvalue weighted by molar-refractivity contribution is 5.76. The van der Waals surface area contributed by atoms with E-state index < -0.39 is 0 Å². The van der Waals surface area contributed by atoms with E-state index in [4.69, 9.17) is 4.74 Å². The van der Waals surface area contributed by atoms with Gasteiger partial charge in [0.15, 0.2) is 0 Å². The fourth-order valence-electron chi connectivity index (χ4n) is 3.44. The number of ether oxygens (including phenoxy) is 1. The summed E-state index contributed by atoms with van der Waals surface area (Å²) in [6, 6.07) is 0. The first-order chi connectivity index (χ1) is 10.3. The molecule has 0 radical (unpaired) electrons. The van der Waals surface area contributed by atoms with E-state index in [2.05, 4.69) is 10.3 Å². The van der Waals surface area contributed by atoms with E-state index in [0.717, 1.165) is 52.1 Å². The maximum absolute atomic E-state index is 12.3. The van der Waals surface area contributed by atoms with E-state index >= 15 is 0 Å². The molecule has 0 aromatic carbocycles. The fourth-order valence-corrected chi connectivity index (χ4v) is 3.44. The summed E-state index contributed by atoms with van der Waals surface area (Å²) in [7, 11) is 0. The van der Waals surface area contributed by atoms with Gasteiger partial charge in [0.1, 0.15) is 0 Å². The third-order valence-electron chi connectivity index (χ3n) is 4.98. The normalized spacial score (nSPS) is 21.6. The smallest absolute Gasteiger partial charge is 0.222 e. The van der Waals surface area contributed by atoms with Crippen LogP contribution in [0, 0.1) is 5.41 Å². The Hall–Kier alpha value is -1.43. The Bertz CT molecular complexity index is 444. The fraction of sp³-hybridized carbons (Fsp3) is 0.800. The van der Waals surface area contributed by atoms with Crippen molar-refractivity contribution >= 4 is 5.91 Å². The SMILES string of the molecule is O=C(CCCn1ccnn1)N1CCC2(CCOCC2)CC1. The van der Waals surface area contributed by atoms with E-state index in [1.165, 1.54) is 12.8 Å². The number of hydrogen-bond donors (Lipinski definition) is 0. The molecule has 0 N–H and O–H groups in total. The van der Waals surface area contributed by atoms with Gasteiger partial charge in [0.25, 0.3) is 0 Å². The molecule has 3 heterocycles. The lowest BCUT2D eigenvalue weighted by atomic mass is 9.72. The van der Waals surface area contributed by atoms with E-state index in [1.54, 1.807) is 10.9 Å². The zero-order valence-electron chi connectivity index (χ0n) is 12.5. The number of carbonyl (C=O) groups excluding carboxylic acids is 1. The molecule has 2 aliphatic heterocycles. The van der Waals surface area contributed by atoms with Gasteiger partial charge in [-0.3, -0.25) is 9.48 Å². The summed E-state index contributed by atoms with van der Waals surface area (Å²) in [4.78, 5) is 14.3. The first-order valence-electron chi connectivity index (χ1n) is 7.97. The number of rotatable bonds is 4. The lowest BCUT2D eigenvalue weighted by Gasteiger charge is -2.44. The topological polar surface area (TPSA) is 60.2 Å². The largest absolute Gasteiger partial charge is 0.381 e. The molecule has 2 aliphatic rings. The average Bonchev–Trinajstić information content (AvgIpc) is 3.02. The molecule has 116 valence electrons. The maximum Gasteiger partial charge on any atom is 0.222 e. The van der Waals surface area contributed by atoms with Crippen LogP contribution in [-0.2, 0) is 16.1 Å². The third kappa shape index (κ3) is 3.61. The second-order valence-corrected chi connectivity index (χ2v) is 6.26. The van der Waals surface area contributed by atoms with Gasteiger partial charge in [0.05, 0.1) is 6.20 Å². The van der Waals surface area contributed by atoms with Crippen LogP contribution in [0.1, 0.15) is 38.5 Å². The van der Waals surface area contributed by atoms with E-state index in [9.17, 15) is 4.79 Å². The number of amides is 1. The van der Waals surface area contributed by atoms with E-state index in [0.29, 0.717) is 11.8 Å². The van der Waals surface area contributed by atoms with Gasteiger partial charge in [-0.05, 0) is 37.5 Å². The summed E-state index contributed by atoms with van der Waals surface area (Å²) in [6.45, 7) is 4.39. The molecule has 0 bridgehead atoms. The molecule has 6 nitrogen and oxygen atoms in total. The van der Waals surface area contributed by atoms with E-state index in [1.807, 2.05) is 11.1 Å². The van der Waals surface area contributed by atoms with Crippen LogP contribution in [0.5, 0.6) is 0 Å². The molecular formula is C15H24N4O2. The summed E-state index contributed by atoms with van der Waals surface area (Å²) < 4.78 is 7.24. The predicted octanol–water partition coefficient (Wildman–Crippen LogP) is 1.48. The summed E-state index contributed by atoms with van der Waals surface area (Å²) in [5.41, 5.74) is 0.454. The number of piperidine rings is 1. The molecule has 0 atom stereocenters. The van der Waals surface area contributed by atoms with Gasteiger partial charge in [-0.25, -0.2) is 0 Å². The minimum atomic E-state index is 0.289. The minimum Gasteiger partial charge on any atom is -0.381 e. The zero-order valence-corrected chi connectivity index (χ0v) is 12.5. The second-order valence-electron chi connectivity index (χ2n) is 6.26. The molecule has 1 spiro atoms. The summed E-state index contributed by atoms with van der Waals surface area (Å²) in [5, 5.41) is 7.68. The Morgan fingerprint density at radius 1 is 1.19 bits per heavy atom. The molecule has 1 amide bonds. The molecule has 2 saturated heterocycles. The predicted molar refractivity (Wildman–Crippen MR) is 77.6 cm³/mol. The van der Waals surface area contributed by atoms with Crippen LogP contribution in [0.25, 0.3) is 0 Å². The van der Waals surface area contributed by atoms with Crippen LogP contribution >= 0.6 is 0 Å². The van der Waals surface area contributed by atoms with Gasteiger partial charge < -0.3 is 9.64 Å². The molecule has 0 saturated carbocycles. The van der Waals surface area contributed by atoms with Crippen molar-refractivity contribution in [3.63, 3.8) is 0 Å². The molecule has 2 fully saturated rings. The number of aryl methyl sites for hydroxylation is 1.